The molecular formula is C27H29ClFN5O. The molecule has 2 aromatic carbocycles. The molecule has 182 valence electrons. The molecule has 2 aliphatic rings. The molecule has 0 radical (unpaired) electrons. The number of amides is 1. The van der Waals surface area contributed by atoms with Gasteiger partial charge in [0.05, 0.1) is 16.9 Å². The van der Waals surface area contributed by atoms with Crippen LogP contribution in [0.4, 0.5) is 10.3 Å². The Labute approximate surface area is 209 Å². The number of piperidine rings is 2. The van der Waals surface area contributed by atoms with Crippen LogP contribution in [0.5, 0.6) is 0 Å². The number of benzene rings is 2. The highest BCUT2D eigenvalue weighted by Gasteiger charge is 2.29. The molecule has 2 fully saturated rings. The normalized spacial score (nSPS) is 17.4. The highest BCUT2D eigenvalue weighted by molar-refractivity contribution is 6.32. The van der Waals surface area contributed by atoms with Crippen LogP contribution in [0.2, 0.25) is 5.02 Å². The van der Waals surface area contributed by atoms with Crippen molar-refractivity contribution in [1.82, 2.24) is 20.2 Å². The lowest BCUT2D eigenvalue weighted by Gasteiger charge is -2.35. The van der Waals surface area contributed by atoms with E-state index in [1.54, 1.807) is 18.3 Å². The number of anilines is 1. The largest absolute Gasteiger partial charge is 0.351 e. The van der Waals surface area contributed by atoms with Crippen LogP contribution in [0, 0.1) is 11.7 Å². The zero-order valence-electron chi connectivity index (χ0n) is 19.5. The molecule has 0 bridgehead atoms. The van der Waals surface area contributed by atoms with Gasteiger partial charge in [-0.2, -0.15) is 0 Å². The van der Waals surface area contributed by atoms with Crippen LogP contribution < -0.4 is 10.6 Å². The van der Waals surface area contributed by atoms with E-state index < -0.39 is 0 Å². The summed E-state index contributed by atoms with van der Waals surface area (Å²) in [4.78, 5) is 23.9. The first-order chi connectivity index (χ1) is 17.1. The van der Waals surface area contributed by atoms with E-state index in [2.05, 4.69) is 15.6 Å². The Morgan fingerprint density at radius 3 is 2.46 bits per heavy atom. The van der Waals surface area contributed by atoms with Crippen molar-refractivity contribution in [2.45, 2.75) is 31.7 Å². The zero-order chi connectivity index (χ0) is 24.2. The molecule has 1 amide bonds. The Hall–Kier alpha value is -3.03. The lowest BCUT2D eigenvalue weighted by Crippen LogP contribution is -2.46. The molecule has 6 nitrogen and oxygen atoms in total. The zero-order valence-corrected chi connectivity index (χ0v) is 20.3. The van der Waals surface area contributed by atoms with Crippen LogP contribution in [-0.2, 0) is 4.79 Å². The Morgan fingerprint density at radius 2 is 1.71 bits per heavy atom. The van der Waals surface area contributed by atoms with Gasteiger partial charge in [-0.25, -0.2) is 14.4 Å². The first kappa shape index (κ1) is 23.7. The molecule has 35 heavy (non-hydrogen) atoms. The van der Waals surface area contributed by atoms with Gasteiger partial charge in [0.2, 0.25) is 11.9 Å². The Bertz CT molecular complexity index is 1170. The lowest BCUT2D eigenvalue weighted by atomic mass is 9.95. The van der Waals surface area contributed by atoms with E-state index in [1.165, 1.54) is 12.1 Å². The minimum atomic E-state index is -0.263. The highest BCUT2D eigenvalue weighted by atomic mass is 35.5. The van der Waals surface area contributed by atoms with Crippen LogP contribution >= 0.6 is 11.6 Å². The fourth-order valence-electron chi connectivity index (χ4n) is 4.88. The van der Waals surface area contributed by atoms with Gasteiger partial charge in [-0.15, -0.1) is 0 Å². The first-order valence-corrected chi connectivity index (χ1v) is 12.6. The fourth-order valence-corrected chi connectivity index (χ4v) is 5.08. The SMILES string of the molecule is O=C(C1CCNCC1)N1CCC(Nc2ncc(Cl)c(-c3cccc(-c4ccc(F)cc4)c3)n2)CC1. The topological polar surface area (TPSA) is 70.2 Å². The van der Waals surface area contributed by atoms with Crippen LogP contribution in [0.25, 0.3) is 22.4 Å². The fraction of sp³-hybridized carbons (Fsp3) is 0.370. The summed E-state index contributed by atoms with van der Waals surface area (Å²) < 4.78 is 13.3. The number of hydrogen-bond donors (Lipinski definition) is 2. The Morgan fingerprint density at radius 1 is 1.00 bits per heavy atom. The number of carbonyl (C=O) groups is 1. The molecule has 8 heteroatoms. The average Bonchev–Trinajstić information content (AvgIpc) is 2.91. The number of likely N-dealkylation sites (tertiary alicyclic amines) is 1. The van der Waals surface area contributed by atoms with Gasteiger partial charge in [-0.1, -0.05) is 41.9 Å². The molecule has 3 heterocycles. The monoisotopic (exact) mass is 493 g/mol. The Balaban J connectivity index is 1.25. The summed E-state index contributed by atoms with van der Waals surface area (Å²) in [5, 5.41) is 7.23. The van der Waals surface area contributed by atoms with Crippen LogP contribution in [0.1, 0.15) is 25.7 Å². The number of carbonyl (C=O) groups excluding carboxylic acids is 1. The van der Waals surface area contributed by atoms with Crippen molar-refractivity contribution in [1.29, 1.82) is 0 Å². The lowest BCUT2D eigenvalue weighted by molar-refractivity contribution is -0.137. The van der Waals surface area contributed by atoms with Crippen molar-refractivity contribution in [3.8, 4) is 22.4 Å². The molecule has 0 spiro atoms. The summed E-state index contributed by atoms with van der Waals surface area (Å²) in [5.41, 5.74) is 3.39. The number of nitrogens with zero attached hydrogens (tertiary/aromatic N) is 3. The molecule has 2 saturated heterocycles. The molecule has 1 aromatic heterocycles. The van der Waals surface area contributed by atoms with Crippen molar-refractivity contribution in [2.24, 2.45) is 5.92 Å². The smallest absolute Gasteiger partial charge is 0.225 e. The molecule has 0 saturated carbocycles. The summed E-state index contributed by atoms with van der Waals surface area (Å²) in [6, 6.07) is 14.5. The third-order valence-corrected chi connectivity index (χ3v) is 7.16. The summed E-state index contributed by atoms with van der Waals surface area (Å²) in [6.45, 7) is 3.36. The van der Waals surface area contributed by atoms with Gasteiger partial charge in [0.1, 0.15) is 5.82 Å². The van der Waals surface area contributed by atoms with Gasteiger partial charge < -0.3 is 15.5 Å². The number of hydrogen-bond acceptors (Lipinski definition) is 5. The van der Waals surface area contributed by atoms with E-state index in [9.17, 15) is 9.18 Å². The second-order valence-corrected chi connectivity index (χ2v) is 9.65. The molecular weight excluding hydrogens is 465 g/mol. The molecule has 0 aliphatic carbocycles. The van der Waals surface area contributed by atoms with Gasteiger partial charge in [-0.05, 0) is 68.1 Å². The van der Waals surface area contributed by atoms with Crippen molar-refractivity contribution in [2.75, 3.05) is 31.5 Å². The first-order valence-electron chi connectivity index (χ1n) is 12.2. The number of halogens is 2. The highest BCUT2D eigenvalue weighted by Crippen LogP contribution is 2.30. The summed E-state index contributed by atoms with van der Waals surface area (Å²) in [5.74, 6) is 0.727. The second-order valence-electron chi connectivity index (χ2n) is 9.25. The number of nitrogens with one attached hydrogen (secondary N) is 2. The summed E-state index contributed by atoms with van der Waals surface area (Å²) >= 11 is 6.47. The van der Waals surface area contributed by atoms with E-state index in [1.807, 2.05) is 29.2 Å². The van der Waals surface area contributed by atoms with Gasteiger partial charge in [0, 0.05) is 30.6 Å². The number of aromatic nitrogens is 2. The van der Waals surface area contributed by atoms with E-state index in [0.29, 0.717) is 22.6 Å². The van der Waals surface area contributed by atoms with E-state index >= 15 is 0 Å². The maximum Gasteiger partial charge on any atom is 0.225 e. The van der Waals surface area contributed by atoms with Gasteiger partial charge >= 0.3 is 0 Å². The molecule has 2 N–H and O–H groups in total. The Kier molecular flexibility index (Phi) is 7.25. The van der Waals surface area contributed by atoms with Gasteiger partial charge in [-0.3, -0.25) is 4.79 Å². The van der Waals surface area contributed by atoms with Gasteiger partial charge in [0.15, 0.2) is 0 Å². The average molecular weight is 494 g/mol. The molecule has 0 unspecified atom stereocenters. The van der Waals surface area contributed by atoms with Crippen molar-refractivity contribution < 1.29 is 9.18 Å². The quantitative estimate of drug-likeness (QED) is 0.523. The van der Waals surface area contributed by atoms with Gasteiger partial charge in [0.25, 0.3) is 0 Å². The maximum atomic E-state index is 13.3. The third-order valence-electron chi connectivity index (χ3n) is 6.89. The van der Waals surface area contributed by atoms with Crippen LogP contribution in [-0.4, -0.2) is 53.0 Å². The molecule has 5 rings (SSSR count). The predicted molar refractivity (Wildman–Crippen MR) is 137 cm³/mol. The van der Waals surface area contributed by atoms with Crippen molar-refractivity contribution in [3.63, 3.8) is 0 Å². The minimum Gasteiger partial charge on any atom is -0.351 e. The summed E-state index contributed by atoms with van der Waals surface area (Å²) in [7, 11) is 0. The van der Waals surface area contributed by atoms with Crippen LogP contribution in [0.3, 0.4) is 0 Å². The number of rotatable bonds is 5. The van der Waals surface area contributed by atoms with E-state index in [0.717, 1.165) is 68.6 Å². The van der Waals surface area contributed by atoms with Crippen LogP contribution in [0.15, 0.2) is 54.7 Å². The maximum absolute atomic E-state index is 13.3. The standard InChI is InChI=1S/C27H29ClFN5O/c28-24-17-31-27(32-23-10-14-34(15-11-23)26(35)19-8-12-30-13-9-19)33-25(24)21-3-1-2-20(16-21)18-4-6-22(29)7-5-18/h1-7,16-17,19,23,30H,8-15H2,(H,31,32,33). The van der Waals surface area contributed by atoms with E-state index in [-0.39, 0.29) is 17.8 Å². The van der Waals surface area contributed by atoms with Crippen molar-refractivity contribution in [3.05, 3.63) is 65.6 Å². The molecule has 0 atom stereocenters. The molecule has 3 aromatic rings. The third kappa shape index (κ3) is 5.63. The second kappa shape index (κ2) is 10.7. The summed E-state index contributed by atoms with van der Waals surface area (Å²) in [6.07, 6.45) is 5.20. The predicted octanol–water partition coefficient (Wildman–Crippen LogP) is 5.01. The van der Waals surface area contributed by atoms with E-state index in [4.69, 9.17) is 16.6 Å². The minimum absolute atomic E-state index is 0.161. The van der Waals surface area contributed by atoms with Crippen molar-refractivity contribution >= 4 is 23.5 Å². The molecule has 2 aliphatic heterocycles.